The maximum atomic E-state index is 15.3. The van der Waals surface area contributed by atoms with Crippen LogP contribution in [-0.2, 0) is 21.4 Å². The summed E-state index contributed by atoms with van der Waals surface area (Å²) < 4.78 is 27.7. The summed E-state index contributed by atoms with van der Waals surface area (Å²) in [6.07, 6.45) is 1.92. The Bertz CT molecular complexity index is 1480. The Morgan fingerprint density at radius 1 is 1.18 bits per heavy atom. The van der Waals surface area contributed by atoms with Crippen LogP contribution in [0.2, 0.25) is 0 Å². The topological polar surface area (TPSA) is 114 Å². The van der Waals surface area contributed by atoms with Gasteiger partial charge in [-0.3, -0.25) is 4.90 Å². The summed E-state index contributed by atoms with van der Waals surface area (Å²) in [5, 5.41) is 17.7. The van der Waals surface area contributed by atoms with Crippen LogP contribution in [0.3, 0.4) is 0 Å². The molecule has 2 saturated heterocycles. The van der Waals surface area contributed by atoms with E-state index in [2.05, 4.69) is 16.4 Å². The predicted molar refractivity (Wildman–Crippen MR) is 142 cm³/mol. The quantitative estimate of drug-likeness (QED) is 0.469. The van der Waals surface area contributed by atoms with Gasteiger partial charge in [-0.15, -0.1) is 5.10 Å². The zero-order chi connectivity index (χ0) is 28.2. The van der Waals surface area contributed by atoms with Crippen LogP contribution in [0.25, 0.3) is 11.1 Å². The summed E-state index contributed by atoms with van der Waals surface area (Å²) in [7, 11) is 0. The van der Waals surface area contributed by atoms with Gasteiger partial charge in [0.1, 0.15) is 17.5 Å². The number of amides is 2. The number of cyclic esters (lactones) is 1. The van der Waals surface area contributed by atoms with Crippen molar-refractivity contribution in [2.24, 2.45) is 11.8 Å². The summed E-state index contributed by atoms with van der Waals surface area (Å²) >= 11 is 0. The Morgan fingerprint density at radius 2 is 1.90 bits per heavy atom. The maximum absolute atomic E-state index is 15.3. The third-order valence-corrected chi connectivity index (χ3v) is 7.89. The number of benzene rings is 2. The Labute approximate surface area is 230 Å². The molecular formula is C29H29FN6O4. The second kappa shape index (κ2) is 9.33. The molecule has 0 radical (unpaired) electrons. The molecule has 1 aromatic heterocycles. The Morgan fingerprint density at radius 3 is 2.50 bits per heavy atom. The van der Waals surface area contributed by atoms with E-state index in [9.17, 15) is 14.9 Å². The highest BCUT2D eigenvalue weighted by Crippen LogP contribution is 2.63. The van der Waals surface area contributed by atoms with Gasteiger partial charge in [0.25, 0.3) is 0 Å². The highest BCUT2D eigenvalue weighted by molar-refractivity contribution is 5.90. The summed E-state index contributed by atoms with van der Waals surface area (Å²) in [6.45, 7) is 7.08. The van der Waals surface area contributed by atoms with Gasteiger partial charge in [-0.25, -0.2) is 18.7 Å². The SMILES string of the molecule is CC(C)(C)OC(=O)N1C[C@@H]2[C@H](C1)C2(C#N)c1ccc(-c2ccc(N3C[C@H](Cn4ccnn4)OC3=O)cc2F)cc1. The highest BCUT2D eigenvalue weighted by Gasteiger charge is 2.70. The van der Waals surface area contributed by atoms with E-state index < -0.39 is 29.0 Å². The number of piperidine rings is 1. The number of nitrogens with zero attached hydrogens (tertiary/aromatic N) is 6. The first kappa shape index (κ1) is 25.8. The molecule has 2 aromatic carbocycles. The number of aromatic nitrogens is 3. The Kier molecular flexibility index (Phi) is 6.02. The second-order valence-corrected chi connectivity index (χ2v) is 11.6. The molecule has 40 heavy (non-hydrogen) atoms. The standard InChI is InChI=1S/C29H29FN6O4/c1-28(2,3)40-26(37)34-15-23-24(16-34)29(23,17-31)19-6-4-18(5-7-19)22-9-8-20(12-25(22)30)36-14-21(39-27(36)38)13-35-11-10-32-33-35/h4-12,21,23-24H,13-16H2,1-3H3/t21-,23-,24+,29?/m0/s1. The van der Waals surface area contributed by atoms with E-state index in [4.69, 9.17) is 9.47 Å². The number of rotatable bonds is 5. The lowest BCUT2D eigenvalue weighted by Gasteiger charge is -2.27. The van der Waals surface area contributed by atoms with Gasteiger partial charge in [-0.05, 0) is 50.1 Å². The van der Waals surface area contributed by atoms with Crippen LogP contribution in [0.15, 0.2) is 54.9 Å². The molecule has 1 aliphatic carbocycles. The van der Waals surface area contributed by atoms with Crippen molar-refractivity contribution in [3.63, 3.8) is 0 Å². The average Bonchev–Trinajstić information content (AvgIpc) is 3.41. The first-order valence-corrected chi connectivity index (χ1v) is 13.2. The van der Waals surface area contributed by atoms with Gasteiger partial charge in [0.15, 0.2) is 0 Å². The van der Waals surface area contributed by atoms with Crippen molar-refractivity contribution >= 4 is 17.9 Å². The second-order valence-electron chi connectivity index (χ2n) is 11.6. The zero-order valence-corrected chi connectivity index (χ0v) is 22.5. The van der Waals surface area contributed by atoms with E-state index in [-0.39, 0.29) is 24.5 Å². The molecule has 1 unspecified atom stereocenters. The number of fused-ring (bicyclic) bond motifs is 1. The first-order valence-electron chi connectivity index (χ1n) is 13.2. The van der Waals surface area contributed by atoms with Crippen molar-refractivity contribution in [2.45, 2.75) is 44.4 Å². The minimum atomic E-state index is -0.654. The number of hydrogen-bond acceptors (Lipinski definition) is 7. The third kappa shape index (κ3) is 4.43. The molecule has 206 valence electrons. The van der Waals surface area contributed by atoms with E-state index in [1.807, 2.05) is 45.0 Å². The van der Waals surface area contributed by atoms with Gasteiger partial charge in [0, 0.05) is 36.7 Å². The molecule has 10 nitrogen and oxygen atoms in total. The fourth-order valence-electron chi connectivity index (χ4n) is 5.96. The number of likely N-dealkylation sites (tertiary alicyclic amines) is 1. The summed E-state index contributed by atoms with van der Waals surface area (Å²) in [5.74, 6) is -0.384. The molecule has 2 aliphatic heterocycles. The molecule has 0 N–H and O–H groups in total. The van der Waals surface area contributed by atoms with Gasteiger partial charge in [-0.2, -0.15) is 5.26 Å². The van der Waals surface area contributed by atoms with Crippen molar-refractivity contribution in [2.75, 3.05) is 24.5 Å². The lowest BCUT2D eigenvalue weighted by molar-refractivity contribution is 0.0266. The van der Waals surface area contributed by atoms with Crippen LogP contribution in [0, 0.1) is 29.0 Å². The molecule has 0 spiro atoms. The van der Waals surface area contributed by atoms with Gasteiger partial charge in [0.05, 0.1) is 36.5 Å². The van der Waals surface area contributed by atoms with E-state index in [0.29, 0.717) is 36.4 Å². The first-order chi connectivity index (χ1) is 19.1. The minimum Gasteiger partial charge on any atom is -0.444 e. The van der Waals surface area contributed by atoms with Crippen molar-refractivity contribution in [1.82, 2.24) is 19.9 Å². The molecule has 0 bridgehead atoms. The monoisotopic (exact) mass is 544 g/mol. The molecule has 3 aliphatic rings. The number of anilines is 1. The molecule has 3 fully saturated rings. The van der Waals surface area contributed by atoms with Crippen molar-refractivity contribution < 1.29 is 23.5 Å². The van der Waals surface area contributed by atoms with Crippen molar-refractivity contribution in [1.29, 1.82) is 5.26 Å². The van der Waals surface area contributed by atoms with Crippen LogP contribution in [0.1, 0.15) is 26.3 Å². The lowest BCUT2D eigenvalue weighted by Crippen LogP contribution is -2.38. The van der Waals surface area contributed by atoms with E-state index in [1.54, 1.807) is 34.1 Å². The molecule has 3 aromatic rings. The number of ether oxygens (including phenoxy) is 2. The molecule has 11 heteroatoms. The van der Waals surface area contributed by atoms with Crippen LogP contribution < -0.4 is 4.90 Å². The van der Waals surface area contributed by atoms with Gasteiger partial charge in [0.2, 0.25) is 0 Å². The molecular weight excluding hydrogens is 515 g/mol. The molecule has 2 amide bonds. The summed E-state index contributed by atoms with van der Waals surface area (Å²) in [6, 6.07) is 14.5. The summed E-state index contributed by atoms with van der Waals surface area (Å²) in [5.41, 5.74) is 1.10. The predicted octanol–water partition coefficient (Wildman–Crippen LogP) is 4.37. The summed E-state index contributed by atoms with van der Waals surface area (Å²) in [4.78, 5) is 28.0. The fraction of sp³-hybridized carbons (Fsp3) is 0.414. The molecule has 6 rings (SSSR count). The number of nitriles is 1. The maximum Gasteiger partial charge on any atom is 0.414 e. The largest absolute Gasteiger partial charge is 0.444 e. The van der Waals surface area contributed by atoms with Gasteiger partial charge in [-0.1, -0.05) is 29.5 Å². The number of carbonyl (C=O) groups excluding carboxylic acids is 2. The van der Waals surface area contributed by atoms with Crippen molar-refractivity contribution in [3.05, 3.63) is 66.2 Å². The van der Waals surface area contributed by atoms with Gasteiger partial charge >= 0.3 is 12.2 Å². The van der Waals surface area contributed by atoms with E-state index in [1.165, 1.54) is 11.0 Å². The molecule has 3 heterocycles. The molecule has 4 atom stereocenters. The average molecular weight is 545 g/mol. The van der Waals surface area contributed by atoms with Crippen LogP contribution in [0.4, 0.5) is 19.7 Å². The van der Waals surface area contributed by atoms with Crippen LogP contribution in [0.5, 0.6) is 0 Å². The Hall–Kier alpha value is -4.46. The third-order valence-electron chi connectivity index (χ3n) is 7.89. The fourth-order valence-corrected chi connectivity index (χ4v) is 5.96. The van der Waals surface area contributed by atoms with Crippen LogP contribution in [-0.4, -0.2) is 63.4 Å². The van der Waals surface area contributed by atoms with Gasteiger partial charge < -0.3 is 14.4 Å². The molecule has 1 saturated carbocycles. The van der Waals surface area contributed by atoms with E-state index in [0.717, 1.165) is 5.56 Å². The number of halogens is 1. The van der Waals surface area contributed by atoms with Crippen LogP contribution >= 0.6 is 0 Å². The van der Waals surface area contributed by atoms with Crippen molar-refractivity contribution in [3.8, 4) is 17.2 Å². The lowest BCUT2D eigenvalue weighted by atomic mass is 9.90. The highest BCUT2D eigenvalue weighted by atomic mass is 19.1. The minimum absolute atomic E-state index is 0.0421. The zero-order valence-electron chi connectivity index (χ0n) is 22.5. The number of hydrogen-bond donors (Lipinski definition) is 0. The smallest absolute Gasteiger partial charge is 0.414 e. The normalized spacial score (nSPS) is 25.4. The van der Waals surface area contributed by atoms with E-state index >= 15 is 4.39 Å². The Balaban J connectivity index is 1.13. The number of carbonyl (C=O) groups is 2.